The molecular weight excluding hydrogens is 205 g/mol. The molecule has 0 aliphatic heterocycles. The largest absolute Gasteiger partial charge is 0.492 e. The summed E-state index contributed by atoms with van der Waals surface area (Å²) in [6.45, 7) is 4.48. The molecule has 0 aromatic heterocycles. The molecule has 0 fully saturated rings. The Morgan fingerprint density at radius 2 is 2.12 bits per heavy atom. The summed E-state index contributed by atoms with van der Waals surface area (Å²) >= 11 is 0. The fourth-order valence-electron chi connectivity index (χ4n) is 1.26. The molecule has 5 heteroatoms. The van der Waals surface area contributed by atoms with E-state index in [1.807, 2.05) is 19.9 Å². The van der Waals surface area contributed by atoms with E-state index in [-0.39, 0.29) is 11.0 Å². The third-order valence-electron chi connectivity index (χ3n) is 2.02. The molecule has 16 heavy (non-hydrogen) atoms. The highest BCUT2D eigenvalue weighted by atomic mass is 16.5. The van der Waals surface area contributed by atoms with E-state index in [9.17, 15) is 0 Å². The smallest absolute Gasteiger partial charge is 0.489 e. The fraction of sp³-hybridized carbons (Fsp3) is 0.364. The normalized spacial score (nSPS) is 10.0. The number of hydrogen-bond acceptors (Lipinski definition) is 4. The van der Waals surface area contributed by atoms with Crippen LogP contribution in [-0.2, 0) is 0 Å². The minimum Gasteiger partial charge on any atom is -0.492 e. The minimum atomic E-state index is -1.66. The highest BCUT2D eigenvalue weighted by molar-refractivity contribution is 6.59. The van der Waals surface area contributed by atoms with Crippen molar-refractivity contribution in [1.82, 2.24) is 0 Å². The summed E-state index contributed by atoms with van der Waals surface area (Å²) in [6, 6.07) is 6.69. The number of rotatable bonds is 4. The Bertz CT molecular complexity index is 399. The molecule has 0 bridgehead atoms. The van der Waals surface area contributed by atoms with Crippen LogP contribution in [0, 0.1) is 17.2 Å². The molecule has 0 radical (unpaired) electrons. The molecule has 2 N–H and O–H groups in total. The number of benzene rings is 1. The summed E-state index contributed by atoms with van der Waals surface area (Å²) in [5, 5.41) is 27.1. The second-order valence-electron chi connectivity index (χ2n) is 3.91. The Labute approximate surface area is 95.2 Å². The van der Waals surface area contributed by atoms with Gasteiger partial charge in [0, 0.05) is 5.46 Å². The summed E-state index contributed by atoms with van der Waals surface area (Å²) in [6.07, 6.45) is 0. The molecule has 4 nitrogen and oxygen atoms in total. The first-order chi connectivity index (χ1) is 7.56. The Hall–Kier alpha value is -1.51. The van der Waals surface area contributed by atoms with Crippen molar-refractivity contribution in [3.05, 3.63) is 23.8 Å². The van der Waals surface area contributed by atoms with Crippen molar-refractivity contribution < 1.29 is 14.8 Å². The lowest BCUT2D eigenvalue weighted by Gasteiger charge is -2.12. The van der Waals surface area contributed by atoms with E-state index < -0.39 is 7.12 Å². The molecule has 0 aliphatic carbocycles. The van der Waals surface area contributed by atoms with Gasteiger partial charge in [0.25, 0.3) is 0 Å². The molecule has 0 saturated carbocycles. The zero-order valence-corrected chi connectivity index (χ0v) is 9.34. The molecule has 1 aromatic carbocycles. The van der Waals surface area contributed by atoms with Crippen molar-refractivity contribution >= 4 is 12.6 Å². The van der Waals surface area contributed by atoms with Crippen molar-refractivity contribution in [1.29, 1.82) is 5.26 Å². The van der Waals surface area contributed by atoms with Crippen molar-refractivity contribution in [3.63, 3.8) is 0 Å². The van der Waals surface area contributed by atoms with Crippen molar-refractivity contribution in [2.45, 2.75) is 13.8 Å². The van der Waals surface area contributed by atoms with Gasteiger partial charge in [-0.3, -0.25) is 0 Å². The lowest BCUT2D eigenvalue weighted by molar-refractivity contribution is 0.270. The Morgan fingerprint density at radius 1 is 1.44 bits per heavy atom. The van der Waals surface area contributed by atoms with Crippen LogP contribution < -0.4 is 10.2 Å². The van der Waals surface area contributed by atoms with E-state index in [0.717, 1.165) is 0 Å². The average molecular weight is 219 g/mol. The van der Waals surface area contributed by atoms with Gasteiger partial charge < -0.3 is 14.8 Å². The maximum absolute atomic E-state index is 9.09. The number of nitrogens with zero attached hydrogens (tertiary/aromatic N) is 1. The predicted molar refractivity (Wildman–Crippen MR) is 61.3 cm³/mol. The highest BCUT2D eigenvalue weighted by Gasteiger charge is 2.19. The van der Waals surface area contributed by atoms with Crippen molar-refractivity contribution in [2.24, 2.45) is 5.92 Å². The van der Waals surface area contributed by atoms with Crippen LogP contribution in [-0.4, -0.2) is 23.8 Å². The van der Waals surface area contributed by atoms with E-state index in [1.165, 1.54) is 6.07 Å². The first-order valence-electron chi connectivity index (χ1n) is 5.08. The molecule has 0 heterocycles. The summed E-state index contributed by atoms with van der Waals surface area (Å²) in [5.41, 5.74) is 0.349. The maximum atomic E-state index is 9.09. The van der Waals surface area contributed by atoms with Crippen molar-refractivity contribution in [2.75, 3.05) is 6.61 Å². The second kappa shape index (κ2) is 5.54. The Kier molecular flexibility index (Phi) is 4.35. The van der Waals surface area contributed by atoms with Crippen LogP contribution in [0.4, 0.5) is 0 Å². The summed E-state index contributed by atoms with van der Waals surface area (Å²) in [7, 11) is -1.66. The molecule has 84 valence electrons. The predicted octanol–water partition coefficient (Wildman–Crippen LogP) is 0.273. The van der Waals surface area contributed by atoms with Gasteiger partial charge in [-0.05, 0) is 12.0 Å². The van der Waals surface area contributed by atoms with E-state index in [0.29, 0.717) is 18.3 Å². The molecular formula is C11H14BNO3. The first-order valence-corrected chi connectivity index (χ1v) is 5.08. The topological polar surface area (TPSA) is 73.5 Å². The summed E-state index contributed by atoms with van der Waals surface area (Å²) < 4.78 is 5.44. The van der Waals surface area contributed by atoms with Gasteiger partial charge >= 0.3 is 7.12 Å². The lowest BCUT2D eigenvalue weighted by Crippen LogP contribution is -2.32. The van der Waals surface area contributed by atoms with Gasteiger partial charge in [-0.1, -0.05) is 26.0 Å². The summed E-state index contributed by atoms with van der Waals surface area (Å²) in [5.74, 6) is 0.732. The van der Waals surface area contributed by atoms with Crippen LogP contribution in [0.25, 0.3) is 0 Å². The van der Waals surface area contributed by atoms with Crippen LogP contribution in [0.3, 0.4) is 0 Å². The molecule has 1 rings (SSSR count). The zero-order chi connectivity index (χ0) is 12.1. The van der Waals surface area contributed by atoms with Crippen molar-refractivity contribution in [3.8, 4) is 11.8 Å². The second-order valence-corrected chi connectivity index (χ2v) is 3.91. The Balaban J connectivity index is 3.01. The molecule has 0 spiro atoms. The molecule has 0 unspecified atom stereocenters. The third kappa shape index (κ3) is 2.99. The van der Waals surface area contributed by atoms with Gasteiger partial charge in [-0.25, -0.2) is 0 Å². The molecule has 0 atom stereocenters. The number of hydrogen-bond donors (Lipinski definition) is 2. The van der Waals surface area contributed by atoms with E-state index in [2.05, 4.69) is 0 Å². The average Bonchev–Trinajstić information content (AvgIpc) is 2.25. The summed E-state index contributed by atoms with van der Waals surface area (Å²) in [4.78, 5) is 0. The fourth-order valence-corrected chi connectivity index (χ4v) is 1.26. The monoisotopic (exact) mass is 219 g/mol. The lowest BCUT2D eigenvalue weighted by atomic mass is 9.77. The van der Waals surface area contributed by atoms with E-state index in [4.69, 9.17) is 20.0 Å². The van der Waals surface area contributed by atoms with Gasteiger partial charge in [0.1, 0.15) is 11.8 Å². The Morgan fingerprint density at radius 3 is 2.62 bits per heavy atom. The highest BCUT2D eigenvalue weighted by Crippen LogP contribution is 2.16. The molecule has 0 amide bonds. The molecule has 0 aliphatic rings. The van der Waals surface area contributed by atoms with Crippen LogP contribution >= 0.6 is 0 Å². The first kappa shape index (κ1) is 12.6. The van der Waals surface area contributed by atoms with E-state index in [1.54, 1.807) is 12.1 Å². The van der Waals surface area contributed by atoms with Gasteiger partial charge in [0.2, 0.25) is 0 Å². The molecule has 1 aromatic rings. The standard InChI is InChI=1S/C11H14BNO3/c1-8(2)7-16-11-5-3-4-10(12(14)15)9(11)6-13/h3-5,8,14-15H,7H2,1-2H3. The van der Waals surface area contributed by atoms with Crippen LogP contribution in [0.1, 0.15) is 19.4 Å². The van der Waals surface area contributed by atoms with Gasteiger partial charge in [-0.15, -0.1) is 0 Å². The van der Waals surface area contributed by atoms with Gasteiger partial charge in [-0.2, -0.15) is 5.26 Å². The van der Waals surface area contributed by atoms with E-state index >= 15 is 0 Å². The SMILES string of the molecule is CC(C)COc1cccc(B(O)O)c1C#N. The number of nitriles is 1. The van der Waals surface area contributed by atoms with Gasteiger partial charge in [0.15, 0.2) is 0 Å². The minimum absolute atomic E-state index is 0.170. The molecule has 0 saturated heterocycles. The van der Waals surface area contributed by atoms with Gasteiger partial charge in [0.05, 0.1) is 12.2 Å². The maximum Gasteiger partial charge on any atom is 0.489 e. The third-order valence-corrected chi connectivity index (χ3v) is 2.02. The number of ether oxygens (including phenoxy) is 1. The zero-order valence-electron chi connectivity index (χ0n) is 9.34. The van der Waals surface area contributed by atoms with Crippen LogP contribution in [0.2, 0.25) is 0 Å². The quantitative estimate of drug-likeness (QED) is 0.713. The van der Waals surface area contributed by atoms with Crippen LogP contribution in [0.15, 0.2) is 18.2 Å². The van der Waals surface area contributed by atoms with Crippen LogP contribution in [0.5, 0.6) is 5.75 Å².